The van der Waals surface area contributed by atoms with E-state index in [2.05, 4.69) is 20.8 Å². The maximum absolute atomic E-state index is 11.7. The van der Waals surface area contributed by atoms with E-state index < -0.39 is 0 Å². The molecule has 1 atom stereocenters. The number of urea groups is 1. The number of nitrogens with one attached hydrogen (secondary N) is 2. The molecular weight excluding hydrogens is 276 g/mol. The first kappa shape index (κ1) is 15.2. The van der Waals surface area contributed by atoms with Crippen molar-refractivity contribution in [1.29, 1.82) is 0 Å². The molecule has 9 heteroatoms. The zero-order chi connectivity index (χ0) is 15.2. The van der Waals surface area contributed by atoms with Crippen molar-refractivity contribution < 1.29 is 14.3 Å². The summed E-state index contributed by atoms with van der Waals surface area (Å²) in [5, 5.41) is 13.3. The molecule has 116 valence electrons. The highest BCUT2D eigenvalue weighted by Crippen LogP contribution is 2.10. The van der Waals surface area contributed by atoms with Crippen molar-refractivity contribution in [2.24, 2.45) is 0 Å². The molecular formula is C12H20N6O3. The Morgan fingerprint density at radius 3 is 3.00 bits per heavy atom. The Morgan fingerprint density at radius 1 is 1.52 bits per heavy atom. The third-order valence-electron chi connectivity index (χ3n) is 3.01. The molecule has 0 radical (unpaired) electrons. The second kappa shape index (κ2) is 7.02. The van der Waals surface area contributed by atoms with Crippen molar-refractivity contribution >= 4 is 17.8 Å². The molecule has 2 rings (SSSR count). The van der Waals surface area contributed by atoms with Crippen LogP contribution >= 0.6 is 0 Å². The molecule has 0 aromatic carbocycles. The summed E-state index contributed by atoms with van der Waals surface area (Å²) in [5.41, 5.74) is 0. The number of nitrogens with zero attached hydrogens (tertiary/aromatic N) is 4. The van der Waals surface area contributed by atoms with Crippen LogP contribution in [0, 0.1) is 0 Å². The van der Waals surface area contributed by atoms with E-state index in [0.29, 0.717) is 12.4 Å². The van der Waals surface area contributed by atoms with Gasteiger partial charge in [0.15, 0.2) is 5.82 Å². The standard InChI is InChI=1S/C12H20N6O3/c1-17(2)12(20)15-10-7-14-18(16-10)8-11(19)13-6-9-4-3-5-21-9/h7,9H,3-6,8H2,1-2H3,(H,13,19)(H,15,16,20). The number of ether oxygens (including phenoxy) is 1. The molecule has 2 heterocycles. The lowest BCUT2D eigenvalue weighted by molar-refractivity contribution is -0.122. The first-order valence-electron chi connectivity index (χ1n) is 6.81. The van der Waals surface area contributed by atoms with Crippen LogP contribution in [0.5, 0.6) is 0 Å². The minimum atomic E-state index is -0.301. The summed E-state index contributed by atoms with van der Waals surface area (Å²) in [5.74, 6) is 0.118. The molecule has 0 bridgehead atoms. The second-order valence-corrected chi connectivity index (χ2v) is 5.02. The first-order chi connectivity index (χ1) is 10.0. The Balaban J connectivity index is 1.76. The molecule has 0 spiro atoms. The van der Waals surface area contributed by atoms with E-state index in [4.69, 9.17) is 4.74 Å². The van der Waals surface area contributed by atoms with E-state index in [9.17, 15) is 9.59 Å². The van der Waals surface area contributed by atoms with Gasteiger partial charge in [-0.25, -0.2) is 4.79 Å². The topological polar surface area (TPSA) is 101 Å². The highest BCUT2D eigenvalue weighted by atomic mass is 16.5. The molecule has 0 saturated carbocycles. The lowest BCUT2D eigenvalue weighted by Crippen LogP contribution is -2.34. The van der Waals surface area contributed by atoms with Crippen molar-refractivity contribution in [2.45, 2.75) is 25.5 Å². The lowest BCUT2D eigenvalue weighted by Gasteiger charge is -2.10. The molecule has 0 aliphatic carbocycles. The van der Waals surface area contributed by atoms with Crippen LogP contribution < -0.4 is 10.6 Å². The maximum Gasteiger partial charge on any atom is 0.322 e. The van der Waals surface area contributed by atoms with Gasteiger partial charge >= 0.3 is 6.03 Å². The molecule has 3 amide bonds. The van der Waals surface area contributed by atoms with Crippen LogP contribution in [0.2, 0.25) is 0 Å². The quantitative estimate of drug-likeness (QED) is 0.774. The van der Waals surface area contributed by atoms with Crippen LogP contribution in [0.1, 0.15) is 12.8 Å². The van der Waals surface area contributed by atoms with E-state index in [1.54, 1.807) is 14.1 Å². The predicted octanol–water partition coefficient (Wildman–Crippen LogP) is -0.333. The third kappa shape index (κ3) is 4.71. The summed E-state index contributed by atoms with van der Waals surface area (Å²) in [4.78, 5) is 25.8. The predicted molar refractivity (Wildman–Crippen MR) is 74.7 cm³/mol. The molecule has 9 nitrogen and oxygen atoms in total. The fraction of sp³-hybridized carbons (Fsp3) is 0.667. The third-order valence-corrected chi connectivity index (χ3v) is 3.01. The molecule has 1 aliphatic rings. The minimum absolute atomic E-state index is 0.00452. The summed E-state index contributed by atoms with van der Waals surface area (Å²) in [6.07, 6.45) is 3.51. The van der Waals surface area contributed by atoms with Crippen LogP contribution in [0.3, 0.4) is 0 Å². The Hall–Kier alpha value is -2.16. The number of rotatable bonds is 5. The Bertz CT molecular complexity index is 495. The van der Waals surface area contributed by atoms with Crippen molar-refractivity contribution in [3.8, 4) is 0 Å². The zero-order valence-corrected chi connectivity index (χ0v) is 12.2. The Kier molecular flexibility index (Phi) is 5.09. The monoisotopic (exact) mass is 296 g/mol. The van der Waals surface area contributed by atoms with Crippen molar-refractivity contribution in [1.82, 2.24) is 25.2 Å². The second-order valence-electron chi connectivity index (χ2n) is 5.02. The van der Waals surface area contributed by atoms with Gasteiger partial charge in [-0.3, -0.25) is 10.1 Å². The normalized spacial score (nSPS) is 17.5. The van der Waals surface area contributed by atoms with E-state index >= 15 is 0 Å². The minimum Gasteiger partial charge on any atom is -0.376 e. The van der Waals surface area contributed by atoms with E-state index in [-0.39, 0.29) is 24.6 Å². The average Bonchev–Trinajstić information content (AvgIpc) is 3.08. The highest BCUT2D eigenvalue weighted by molar-refractivity contribution is 5.87. The summed E-state index contributed by atoms with van der Waals surface area (Å²) in [6, 6.07) is -0.301. The fourth-order valence-corrected chi connectivity index (χ4v) is 1.87. The van der Waals surface area contributed by atoms with Crippen LogP contribution in [0.4, 0.5) is 10.6 Å². The molecule has 21 heavy (non-hydrogen) atoms. The largest absolute Gasteiger partial charge is 0.376 e. The van der Waals surface area contributed by atoms with Gasteiger partial charge in [0.05, 0.1) is 12.3 Å². The lowest BCUT2D eigenvalue weighted by atomic mass is 10.2. The van der Waals surface area contributed by atoms with Crippen molar-refractivity contribution in [3.05, 3.63) is 6.20 Å². The number of anilines is 1. The van der Waals surface area contributed by atoms with Gasteiger partial charge in [-0.1, -0.05) is 0 Å². The summed E-state index contributed by atoms with van der Waals surface area (Å²) < 4.78 is 5.42. The highest BCUT2D eigenvalue weighted by Gasteiger charge is 2.16. The number of hydrogen-bond donors (Lipinski definition) is 2. The van der Waals surface area contributed by atoms with E-state index in [1.165, 1.54) is 15.9 Å². The molecule has 1 fully saturated rings. The SMILES string of the molecule is CN(C)C(=O)Nc1cnn(CC(=O)NCC2CCCO2)n1. The van der Waals surface area contributed by atoms with Gasteiger partial charge in [-0.2, -0.15) is 9.90 Å². The molecule has 1 saturated heterocycles. The molecule has 1 aliphatic heterocycles. The number of carbonyl (C=O) groups excluding carboxylic acids is 2. The van der Waals surface area contributed by atoms with Crippen LogP contribution in [0.25, 0.3) is 0 Å². The Labute approximate surface area is 122 Å². The van der Waals surface area contributed by atoms with Crippen LogP contribution in [0.15, 0.2) is 6.20 Å². The number of aromatic nitrogens is 3. The average molecular weight is 296 g/mol. The molecule has 2 N–H and O–H groups in total. The summed E-state index contributed by atoms with van der Waals surface area (Å²) in [7, 11) is 3.25. The van der Waals surface area contributed by atoms with Gasteiger partial charge < -0.3 is 15.0 Å². The number of amides is 3. The molecule has 1 unspecified atom stereocenters. The summed E-state index contributed by atoms with van der Waals surface area (Å²) in [6.45, 7) is 1.27. The van der Waals surface area contributed by atoms with Gasteiger partial charge in [0.25, 0.3) is 0 Å². The Morgan fingerprint density at radius 2 is 2.33 bits per heavy atom. The zero-order valence-electron chi connectivity index (χ0n) is 12.2. The van der Waals surface area contributed by atoms with Crippen molar-refractivity contribution in [3.63, 3.8) is 0 Å². The smallest absolute Gasteiger partial charge is 0.322 e. The van der Waals surface area contributed by atoms with Gasteiger partial charge in [0, 0.05) is 27.2 Å². The first-order valence-corrected chi connectivity index (χ1v) is 6.81. The number of carbonyl (C=O) groups is 2. The van der Waals surface area contributed by atoms with E-state index in [1.807, 2.05) is 0 Å². The fourth-order valence-electron chi connectivity index (χ4n) is 1.87. The van der Waals surface area contributed by atoms with Gasteiger partial charge in [0.2, 0.25) is 5.91 Å². The van der Waals surface area contributed by atoms with Gasteiger partial charge in [0.1, 0.15) is 6.54 Å². The van der Waals surface area contributed by atoms with Gasteiger partial charge in [-0.15, -0.1) is 5.10 Å². The molecule has 1 aromatic heterocycles. The molecule has 1 aromatic rings. The maximum atomic E-state index is 11.7. The van der Waals surface area contributed by atoms with Crippen LogP contribution in [-0.2, 0) is 16.1 Å². The van der Waals surface area contributed by atoms with Crippen LogP contribution in [-0.4, -0.2) is 65.2 Å². The summed E-state index contributed by atoms with van der Waals surface area (Å²) >= 11 is 0. The number of hydrogen-bond acceptors (Lipinski definition) is 5. The van der Waals surface area contributed by atoms with Gasteiger partial charge in [-0.05, 0) is 12.8 Å². The van der Waals surface area contributed by atoms with Crippen molar-refractivity contribution in [2.75, 3.05) is 32.6 Å². The van der Waals surface area contributed by atoms with E-state index in [0.717, 1.165) is 19.4 Å².